The van der Waals surface area contributed by atoms with Crippen LogP contribution in [-0.2, 0) is 0 Å². The Balaban J connectivity index is 2.10. The van der Waals surface area contributed by atoms with Gasteiger partial charge in [-0.05, 0) is 34.7 Å². The van der Waals surface area contributed by atoms with Crippen LogP contribution in [0.25, 0.3) is 11.3 Å². The topological polar surface area (TPSA) is 63.9 Å². The van der Waals surface area contributed by atoms with Gasteiger partial charge in [-0.2, -0.15) is 4.68 Å². The Morgan fingerprint density at radius 2 is 1.88 bits per heavy atom. The van der Waals surface area contributed by atoms with Gasteiger partial charge in [0.1, 0.15) is 5.82 Å². The number of tetrazole rings is 1. The molecule has 0 saturated heterocycles. The van der Waals surface area contributed by atoms with Crippen molar-refractivity contribution in [2.24, 2.45) is 0 Å². The lowest BCUT2D eigenvalue weighted by molar-refractivity contribution is 0.105. The molecule has 3 rings (SSSR count). The second-order valence-electron chi connectivity index (χ2n) is 5.60. The standard InChI is InChI=1S/C18H16FN5O/c1-23(2)12-16(17(25)13-7-6-8-14(19)11-13)18-20-21-22-24(18)15-9-4-3-5-10-15/h3-12H,1-2H3/b16-12+. The predicted molar refractivity (Wildman–Crippen MR) is 91.5 cm³/mol. The van der Waals surface area contributed by atoms with E-state index in [0.717, 1.165) is 5.69 Å². The molecular formula is C18H16FN5O. The first-order chi connectivity index (χ1) is 12.1. The molecule has 1 heterocycles. The Morgan fingerprint density at radius 1 is 1.12 bits per heavy atom. The zero-order chi connectivity index (χ0) is 17.8. The molecule has 0 aliphatic rings. The van der Waals surface area contributed by atoms with Gasteiger partial charge >= 0.3 is 0 Å². The summed E-state index contributed by atoms with van der Waals surface area (Å²) in [5.41, 5.74) is 1.22. The highest BCUT2D eigenvalue weighted by Gasteiger charge is 2.22. The van der Waals surface area contributed by atoms with E-state index in [1.807, 2.05) is 30.3 Å². The Kier molecular flexibility index (Phi) is 4.65. The van der Waals surface area contributed by atoms with Gasteiger partial charge in [0.25, 0.3) is 0 Å². The van der Waals surface area contributed by atoms with E-state index in [0.29, 0.717) is 0 Å². The van der Waals surface area contributed by atoms with Crippen LogP contribution in [0.1, 0.15) is 16.2 Å². The van der Waals surface area contributed by atoms with Crippen LogP contribution in [0.4, 0.5) is 4.39 Å². The SMILES string of the molecule is CN(C)/C=C(\C(=O)c1cccc(F)c1)c1nnnn1-c1ccccc1. The number of nitrogens with zero attached hydrogens (tertiary/aromatic N) is 5. The van der Waals surface area contributed by atoms with Crippen molar-refractivity contribution in [3.8, 4) is 5.69 Å². The van der Waals surface area contributed by atoms with Crippen LogP contribution >= 0.6 is 0 Å². The van der Waals surface area contributed by atoms with Gasteiger partial charge < -0.3 is 4.90 Å². The number of halogens is 1. The molecule has 6 nitrogen and oxygen atoms in total. The number of Topliss-reactive ketones (excluding diaryl/α,β-unsaturated/α-hetero) is 1. The summed E-state index contributed by atoms with van der Waals surface area (Å²) in [6.45, 7) is 0. The highest BCUT2D eigenvalue weighted by atomic mass is 19.1. The third kappa shape index (κ3) is 3.60. The molecule has 0 aliphatic carbocycles. The molecule has 0 N–H and O–H groups in total. The summed E-state index contributed by atoms with van der Waals surface area (Å²) >= 11 is 0. The number of hydrogen-bond acceptors (Lipinski definition) is 5. The van der Waals surface area contributed by atoms with E-state index in [-0.39, 0.29) is 22.7 Å². The number of rotatable bonds is 5. The van der Waals surface area contributed by atoms with Crippen LogP contribution in [0.5, 0.6) is 0 Å². The van der Waals surface area contributed by atoms with Crippen LogP contribution in [-0.4, -0.2) is 45.0 Å². The Morgan fingerprint density at radius 3 is 2.56 bits per heavy atom. The molecule has 0 unspecified atom stereocenters. The van der Waals surface area contributed by atoms with Crippen LogP contribution in [0.3, 0.4) is 0 Å². The minimum Gasteiger partial charge on any atom is -0.383 e. The summed E-state index contributed by atoms with van der Waals surface area (Å²) in [6, 6.07) is 14.8. The first-order valence-electron chi connectivity index (χ1n) is 7.59. The molecule has 25 heavy (non-hydrogen) atoms. The smallest absolute Gasteiger partial charge is 0.198 e. The number of carbonyl (C=O) groups excluding carboxylic acids is 1. The number of ketones is 1. The van der Waals surface area contributed by atoms with Crippen LogP contribution in [0.15, 0.2) is 60.8 Å². The largest absolute Gasteiger partial charge is 0.383 e. The second-order valence-corrected chi connectivity index (χ2v) is 5.60. The Labute approximate surface area is 144 Å². The average Bonchev–Trinajstić information content (AvgIpc) is 3.09. The fourth-order valence-electron chi connectivity index (χ4n) is 2.36. The minimum absolute atomic E-state index is 0.232. The summed E-state index contributed by atoms with van der Waals surface area (Å²) in [5, 5.41) is 11.7. The molecule has 0 fully saturated rings. The van der Waals surface area contributed by atoms with E-state index in [2.05, 4.69) is 15.5 Å². The van der Waals surface area contributed by atoms with Gasteiger partial charge in [0.15, 0.2) is 11.6 Å². The highest BCUT2D eigenvalue weighted by Crippen LogP contribution is 2.21. The summed E-state index contributed by atoms with van der Waals surface area (Å²) < 4.78 is 15.0. The van der Waals surface area contributed by atoms with Crippen molar-refractivity contribution in [2.45, 2.75) is 0 Å². The maximum absolute atomic E-state index is 13.5. The zero-order valence-corrected chi connectivity index (χ0v) is 13.8. The summed E-state index contributed by atoms with van der Waals surface area (Å²) in [4.78, 5) is 14.7. The van der Waals surface area contributed by atoms with Crippen molar-refractivity contribution in [2.75, 3.05) is 14.1 Å². The molecule has 0 radical (unpaired) electrons. The highest BCUT2D eigenvalue weighted by molar-refractivity contribution is 6.28. The third-order valence-corrected chi connectivity index (χ3v) is 3.43. The minimum atomic E-state index is -0.474. The van der Waals surface area contributed by atoms with Crippen molar-refractivity contribution in [3.63, 3.8) is 0 Å². The van der Waals surface area contributed by atoms with E-state index in [1.165, 1.54) is 22.9 Å². The van der Waals surface area contributed by atoms with E-state index in [1.54, 1.807) is 31.3 Å². The molecule has 1 aromatic heterocycles. The summed E-state index contributed by atoms with van der Waals surface area (Å²) in [7, 11) is 3.57. The van der Waals surface area contributed by atoms with Gasteiger partial charge in [0.2, 0.25) is 0 Å². The fourth-order valence-corrected chi connectivity index (χ4v) is 2.36. The van der Waals surface area contributed by atoms with Gasteiger partial charge in [-0.1, -0.05) is 30.3 Å². The molecular weight excluding hydrogens is 321 g/mol. The maximum atomic E-state index is 13.5. The lowest BCUT2D eigenvalue weighted by Gasteiger charge is -2.12. The first kappa shape index (κ1) is 16.5. The number of aromatic nitrogens is 4. The summed E-state index contributed by atoms with van der Waals surface area (Å²) in [5.74, 6) is -0.549. The number of benzene rings is 2. The first-order valence-corrected chi connectivity index (χ1v) is 7.59. The van der Waals surface area contributed by atoms with E-state index in [4.69, 9.17) is 0 Å². The molecule has 0 spiro atoms. The van der Waals surface area contributed by atoms with Gasteiger partial charge in [-0.3, -0.25) is 4.79 Å². The Hall–Kier alpha value is -3.35. The van der Waals surface area contributed by atoms with E-state index >= 15 is 0 Å². The van der Waals surface area contributed by atoms with Gasteiger partial charge in [0.05, 0.1) is 11.3 Å². The molecule has 0 bridgehead atoms. The fraction of sp³-hybridized carbons (Fsp3) is 0.111. The normalized spacial score (nSPS) is 11.4. The van der Waals surface area contributed by atoms with E-state index in [9.17, 15) is 9.18 Å². The van der Waals surface area contributed by atoms with Gasteiger partial charge in [0, 0.05) is 25.9 Å². The van der Waals surface area contributed by atoms with Crippen LogP contribution < -0.4 is 0 Å². The lowest BCUT2D eigenvalue weighted by Crippen LogP contribution is -2.13. The van der Waals surface area contributed by atoms with Crippen LogP contribution in [0, 0.1) is 5.82 Å². The van der Waals surface area contributed by atoms with Gasteiger partial charge in [-0.15, -0.1) is 5.10 Å². The number of para-hydroxylation sites is 1. The Bertz CT molecular complexity index is 918. The van der Waals surface area contributed by atoms with Crippen molar-refractivity contribution < 1.29 is 9.18 Å². The predicted octanol–water partition coefficient (Wildman–Crippen LogP) is 2.59. The molecule has 0 saturated carbocycles. The number of allylic oxidation sites excluding steroid dienone is 1. The monoisotopic (exact) mass is 337 g/mol. The molecule has 7 heteroatoms. The number of hydrogen-bond donors (Lipinski definition) is 0. The second kappa shape index (κ2) is 7.04. The quantitative estimate of drug-likeness (QED) is 0.529. The van der Waals surface area contributed by atoms with Gasteiger partial charge in [-0.25, -0.2) is 4.39 Å². The van der Waals surface area contributed by atoms with Crippen molar-refractivity contribution in [3.05, 3.63) is 78.0 Å². The molecule has 0 amide bonds. The van der Waals surface area contributed by atoms with Crippen molar-refractivity contribution in [1.82, 2.24) is 25.1 Å². The average molecular weight is 337 g/mol. The molecule has 3 aromatic rings. The molecule has 0 atom stereocenters. The molecule has 2 aromatic carbocycles. The summed E-state index contributed by atoms with van der Waals surface area (Å²) in [6.07, 6.45) is 1.62. The lowest BCUT2D eigenvalue weighted by atomic mass is 10.0. The van der Waals surface area contributed by atoms with Crippen molar-refractivity contribution >= 4 is 11.4 Å². The maximum Gasteiger partial charge on any atom is 0.198 e. The third-order valence-electron chi connectivity index (χ3n) is 3.43. The molecule has 0 aliphatic heterocycles. The van der Waals surface area contributed by atoms with Crippen LogP contribution in [0.2, 0.25) is 0 Å². The van der Waals surface area contributed by atoms with E-state index < -0.39 is 5.82 Å². The number of carbonyl (C=O) groups is 1. The molecule has 126 valence electrons. The zero-order valence-electron chi connectivity index (χ0n) is 13.8. The van der Waals surface area contributed by atoms with Crippen molar-refractivity contribution in [1.29, 1.82) is 0 Å².